The molecule has 0 aliphatic heterocycles. The second-order valence-corrected chi connectivity index (χ2v) is 18.7. The topological polar surface area (TPSA) is 120 Å². The number of thiazole rings is 2. The van der Waals surface area contributed by atoms with Gasteiger partial charge in [0.05, 0.1) is 31.8 Å². The van der Waals surface area contributed by atoms with Crippen LogP contribution in [0.1, 0.15) is 98.7 Å². The molecule has 0 spiro atoms. The Labute approximate surface area is 372 Å². The maximum absolute atomic E-state index is 10.7. The number of hydrogen-bond donors (Lipinski definition) is 1. The zero-order chi connectivity index (χ0) is 43.9. The highest BCUT2D eigenvalue weighted by atomic mass is 32.1. The van der Waals surface area contributed by atoms with Gasteiger partial charge in [0.15, 0.2) is 16.8 Å². The van der Waals surface area contributed by atoms with Gasteiger partial charge in [-0.25, -0.2) is 15.0 Å². The minimum Gasteiger partial charge on any atom is -0.338 e. The third kappa shape index (κ3) is 7.98. The number of pyridine rings is 1. The monoisotopic (exact) mass is 856 g/mol. The first-order valence-corrected chi connectivity index (χ1v) is 23.0. The predicted octanol–water partition coefficient (Wildman–Crippen LogP) is 14.5. The van der Waals surface area contributed by atoms with Gasteiger partial charge in [0.25, 0.3) is 0 Å². The molecule has 0 saturated heterocycles. The fourth-order valence-corrected chi connectivity index (χ4v) is 9.99. The number of benzene rings is 4. The molecule has 10 nitrogen and oxygen atoms in total. The highest BCUT2D eigenvalue weighted by Crippen LogP contribution is 2.46. The number of hydrogen-bond acceptors (Lipinski definition) is 11. The predicted molar refractivity (Wildman–Crippen MR) is 258 cm³/mol. The fourth-order valence-electron chi connectivity index (χ4n) is 8.09. The van der Waals surface area contributed by atoms with E-state index in [-0.39, 0.29) is 0 Å². The van der Waals surface area contributed by atoms with Gasteiger partial charge in [-0.05, 0) is 105 Å². The lowest BCUT2D eigenvalue weighted by Crippen LogP contribution is -2.17. The van der Waals surface area contributed by atoms with Crippen molar-refractivity contribution in [2.24, 2.45) is 10.2 Å². The van der Waals surface area contributed by atoms with Crippen molar-refractivity contribution in [3.8, 4) is 11.2 Å². The van der Waals surface area contributed by atoms with E-state index in [1.54, 1.807) is 16.0 Å². The summed E-state index contributed by atoms with van der Waals surface area (Å²) in [6.45, 7) is 21.3. The quantitative estimate of drug-likeness (QED) is 0.121. The van der Waals surface area contributed by atoms with E-state index in [1.807, 2.05) is 58.0 Å². The molecule has 0 bridgehead atoms. The van der Waals surface area contributed by atoms with Crippen molar-refractivity contribution in [3.63, 3.8) is 0 Å². The van der Waals surface area contributed by atoms with Gasteiger partial charge in [0.2, 0.25) is 5.13 Å². The maximum Gasteiger partial charge on any atom is 0.213 e. The Bertz CT molecular complexity index is 2930. The summed E-state index contributed by atoms with van der Waals surface area (Å²) in [7, 11) is 0. The number of nitriles is 1. The zero-order valence-electron chi connectivity index (χ0n) is 37.2. The van der Waals surface area contributed by atoms with E-state index in [0.29, 0.717) is 39.5 Å². The molecule has 0 saturated carbocycles. The van der Waals surface area contributed by atoms with Crippen molar-refractivity contribution < 1.29 is 0 Å². The first-order chi connectivity index (χ1) is 29.8. The number of para-hydroxylation sites is 2. The molecule has 0 atom stereocenters. The molecule has 1 N–H and O–H groups in total. The van der Waals surface area contributed by atoms with Crippen molar-refractivity contribution >= 4 is 82.8 Å². The average Bonchev–Trinajstić information content (AvgIpc) is 3.99. The number of rotatable bonds is 12. The number of aryl methyl sites for hydroxylation is 7. The molecule has 0 fully saturated rings. The molecule has 0 aliphatic carbocycles. The van der Waals surface area contributed by atoms with Gasteiger partial charge >= 0.3 is 0 Å². The molecule has 0 amide bonds. The van der Waals surface area contributed by atoms with Crippen LogP contribution in [0.15, 0.2) is 89.1 Å². The van der Waals surface area contributed by atoms with Crippen LogP contribution in [0.3, 0.4) is 0 Å². The van der Waals surface area contributed by atoms with Crippen LogP contribution in [0.25, 0.3) is 25.6 Å². The van der Waals surface area contributed by atoms with Crippen molar-refractivity contribution in [2.45, 2.75) is 100 Å². The minimum atomic E-state index is -0.448. The van der Waals surface area contributed by atoms with Gasteiger partial charge in [-0.2, -0.15) is 15.0 Å². The third-order valence-electron chi connectivity index (χ3n) is 11.1. The molecule has 4 heterocycles. The van der Waals surface area contributed by atoms with Crippen molar-refractivity contribution in [1.82, 2.24) is 24.7 Å². The smallest absolute Gasteiger partial charge is 0.213 e. The SMILES string of the molecule is CCc1cc(C)cc(CC)c1Nc1nc(N(c2nc3ccccc3s2)c2c(CC)cc(C)cc2CC)cc(C)c1N=Nc1c(C#N)c(C(C)(C)C)nn1-c1nc2ccccc2s1. The first kappa shape index (κ1) is 42.4. The lowest BCUT2D eigenvalue weighted by Gasteiger charge is -2.28. The number of nitrogens with one attached hydrogen (secondary N) is 1. The van der Waals surface area contributed by atoms with E-state index in [0.717, 1.165) is 68.2 Å². The number of anilines is 5. The molecule has 314 valence electrons. The highest BCUT2D eigenvalue weighted by Gasteiger charge is 2.30. The van der Waals surface area contributed by atoms with Crippen LogP contribution in [0, 0.1) is 32.1 Å². The van der Waals surface area contributed by atoms with E-state index >= 15 is 0 Å². The summed E-state index contributed by atoms with van der Waals surface area (Å²) >= 11 is 3.15. The van der Waals surface area contributed by atoms with E-state index in [1.165, 1.54) is 44.7 Å². The van der Waals surface area contributed by atoms with Gasteiger partial charge in [-0.3, -0.25) is 4.90 Å². The Balaban J connectivity index is 1.39. The average molecular weight is 857 g/mol. The molecular formula is C50H52N10S2. The van der Waals surface area contributed by atoms with Gasteiger partial charge in [-0.15, -0.1) is 10.2 Å². The molecular weight excluding hydrogens is 805 g/mol. The lowest BCUT2D eigenvalue weighted by atomic mass is 9.90. The lowest BCUT2D eigenvalue weighted by molar-refractivity contribution is 0.559. The Morgan fingerprint density at radius 3 is 1.84 bits per heavy atom. The summed E-state index contributed by atoms with van der Waals surface area (Å²) in [6, 6.07) is 29.8. The molecule has 62 heavy (non-hydrogen) atoms. The Morgan fingerprint density at radius 1 is 0.726 bits per heavy atom. The molecule has 4 aromatic heterocycles. The summed E-state index contributed by atoms with van der Waals surface area (Å²) in [5.41, 5.74) is 13.1. The van der Waals surface area contributed by atoms with Gasteiger partial charge in [0.1, 0.15) is 23.1 Å². The van der Waals surface area contributed by atoms with Crippen molar-refractivity contribution in [2.75, 3.05) is 10.2 Å². The summed E-state index contributed by atoms with van der Waals surface area (Å²) in [4.78, 5) is 17.9. The molecule has 0 radical (unpaired) electrons. The molecule has 8 aromatic rings. The Kier molecular flexibility index (Phi) is 11.8. The van der Waals surface area contributed by atoms with Crippen LogP contribution in [-0.4, -0.2) is 24.7 Å². The van der Waals surface area contributed by atoms with E-state index in [4.69, 9.17) is 30.3 Å². The normalized spacial score (nSPS) is 11.9. The molecule has 12 heteroatoms. The summed E-state index contributed by atoms with van der Waals surface area (Å²) in [5, 5.41) is 31.0. The largest absolute Gasteiger partial charge is 0.338 e. The molecule has 0 unspecified atom stereocenters. The standard InChI is InChI=1S/C50H52N10S2/c1-11-32-23-29(5)24-33(12-2)43(32)55-46-42(56-57-47-36(28-51)45(50(8,9)10)58-60(47)49-53-38-20-16-18-22-40(38)62-49)31(7)27-41(54-46)59(48-52-37-19-15-17-21-39(37)61-48)44-34(13-3)25-30(6)26-35(44)14-4/h15-27H,11-14H2,1-10H3,(H,54,55). The summed E-state index contributed by atoms with van der Waals surface area (Å²) < 4.78 is 3.79. The third-order valence-corrected chi connectivity index (χ3v) is 13.1. The Morgan fingerprint density at radius 2 is 1.29 bits per heavy atom. The number of nitrogens with zero attached hydrogens (tertiary/aromatic N) is 9. The van der Waals surface area contributed by atoms with Crippen LogP contribution < -0.4 is 10.2 Å². The fraction of sp³-hybridized carbons (Fsp3) is 0.300. The Hall–Kier alpha value is -6.29. The van der Waals surface area contributed by atoms with Gasteiger partial charge < -0.3 is 5.32 Å². The minimum absolute atomic E-state index is 0.320. The van der Waals surface area contributed by atoms with Gasteiger partial charge in [-0.1, -0.05) is 131 Å². The maximum atomic E-state index is 10.7. The summed E-state index contributed by atoms with van der Waals surface area (Å²) in [5.74, 6) is 1.58. The summed E-state index contributed by atoms with van der Waals surface area (Å²) in [6.07, 6.45) is 3.34. The second-order valence-electron chi connectivity index (χ2n) is 16.7. The molecule has 0 aliphatic rings. The second kappa shape index (κ2) is 17.2. The van der Waals surface area contributed by atoms with Crippen LogP contribution in [0.5, 0.6) is 0 Å². The van der Waals surface area contributed by atoms with E-state index in [9.17, 15) is 5.26 Å². The van der Waals surface area contributed by atoms with E-state index in [2.05, 4.69) is 106 Å². The van der Waals surface area contributed by atoms with Crippen LogP contribution in [0.2, 0.25) is 0 Å². The number of fused-ring (bicyclic) bond motifs is 2. The number of aromatic nitrogens is 5. The zero-order valence-corrected chi connectivity index (χ0v) is 38.8. The van der Waals surface area contributed by atoms with Crippen LogP contribution in [-0.2, 0) is 31.1 Å². The number of azo groups is 1. The van der Waals surface area contributed by atoms with Gasteiger partial charge in [0, 0.05) is 11.1 Å². The first-order valence-electron chi connectivity index (χ1n) is 21.4. The van der Waals surface area contributed by atoms with Crippen LogP contribution in [0.4, 0.5) is 39.6 Å². The van der Waals surface area contributed by atoms with Crippen molar-refractivity contribution in [1.29, 1.82) is 5.26 Å². The highest BCUT2D eigenvalue weighted by molar-refractivity contribution is 7.22. The van der Waals surface area contributed by atoms with Crippen molar-refractivity contribution in [3.05, 3.63) is 129 Å². The van der Waals surface area contributed by atoms with Crippen LogP contribution >= 0.6 is 22.7 Å². The van der Waals surface area contributed by atoms with E-state index < -0.39 is 5.41 Å². The molecule has 4 aromatic carbocycles. The molecule has 8 rings (SSSR count).